The fourth-order valence-electron chi connectivity index (χ4n) is 2.99. The Hall–Kier alpha value is -1.24. The van der Waals surface area contributed by atoms with Gasteiger partial charge < -0.3 is 5.73 Å². The van der Waals surface area contributed by atoms with Crippen molar-refractivity contribution in [3.8, 4) is 0 Å². The maximum Gasteiger partial charge on any atom is 0.258 e. The summed E-state index contributed by atoms with van der Waals surface area (Å²) in [7, 11) is 0. The highest BCUT2D eigenvalue weighted by atomic mass is 32.1. The van der Waals surface area contributed by atoms with Gasteiger partial charge >= 0.3 is 0 Å². The van der Waals surface area contributed by atoms with Crippen LogP contribution in [0.1, 0.15) is 31.9 Å². The molecule has 3 rings (SSSR count). The van der Waals surface area contributed by atoms with Crippen molar-refractivity contribution in [3.05, 3.63) is 33.7 Å². The molecule has 20 heavy (non-hydrogen) atoms. The third-order valence-electron chi connectivity index (χ3n) is 3.99. The van der Waals surface area contributed by atoms with Gasteiger partial charge in [-0.2, -0.15) is 0 Å². The summed E-state index contributed by atoms with van der Waals surface area (Å²) in [5, 5.41) is 1.89. The third kappa shape index (κ3) is 2.63. The van der Waals surface area contributed by atoms with Crippen LogP contribution < -0.4 is 11.3 Å². The Labute approximate surface area is 122 Å². The molecule has 0 saturated carbocycles. The van der Waals surface area contributed by atoms with E-state index in [2.05, 4.69) is 16.8 Å². The van der Waals surface area contributed by atoms with Crippen LogP contribution >= 0.6 is 11.3 Å². The van der Waals surface area contributed by atoms with E-state index in [0.717, 1.165) is 30.2 Å². The largest absolute Gasteiger partial charge is 0.327 e. The summed E-state index contributed by atoms with van der Waals surface area (Å²) in [6.07, 6.45) is 5.34. The highest BCUT2D eigenvalue weighted by molar-refractivity contribution is 7.15. The van der Waals surface area contributed by atoms with Crippen molar-refractivity contribution >= 4 is 16.3 Å². The van der Waals surface area contributed by atoms with Crippen molar-refractivity contribution in [1.82, 2.24) is 14.3 Å². The van der Waals surface area contributed by atoms with Crippen LogP contribution in [0.3, 0.4) is 0 Å². The lowest BCUT2D eigenvalue weighted by Gasteiger charge is -2.37. The highest BCUT2D eigenvalue weighted by Crippen LogP contribution is 2.21. The highest BCUT2D eigenvalue weighted by Gasteiger charge is 2.25. The lowest BCUT2D eigenvalue weighted by atomic mass is 9.97. The van der Waals surface area contributed by atoms with Crippen LogP contribution in [0.15, 0.2) is 22.4 Å². The average molecular weight is 292 g/mol. The van der Waals surface area contributed by atoms with Crippen molar-refractivity contribution in [2.75, 3.05) is 6.54 Å². The van der Waals surface area contributed by atoms with Crippen LogP contribution in [0.25, 0.3) is 4.96 Å². The van der Waals surface area contributed by atoms with Crippen molar-refractivity contribution in [3.63, 3.8) is 0 Å². The predicted octanol–water partition coefficient (Wildman–Crippen LogP) is 1.46. The maximum absolute atomic E-state index is 12.0. The topological polar surface area (TPSA) is 63.6 Å². The first-order valence-corrected chi connectivity index (χ1v) is 7.98. The number of thiazole rings is 1. The second-order valence-electron chi connectivity index (χ2n) is 5.53. The third-order valence-corrected chi connectivity index (χ3v) is 4.75. The van der Waals surface area contributed by atoms with Gasteiger partial charge in [-0.3, -0.25) is 14.1 Å². The van der Waals surface area contributed by atoms with E-state index >= 15 is 0 Å². The van der Waals surface area contributed by atoms with Crippen molar-refractivity contribution in [2.45, 2.75) is 44.8 Å². The van der Waals surface area contributed by atoms with Gasteiger partial charge in [-0.05, 0) is 26.3 Å². The number of aromatic nitrogens is 2. The minimum absolute atomic E-state index is 0.000561. The summed E-state index contributed by atoms with van der Waals surface area (Å²) in [6.45, 7) is 3.82. The molecule has 6 heteroatoms. The maximum atomic E-state index is 12.0. The Kier molecular flexibility index (Phi) is 3.87. The number of rotatable bonds is 3. The standard InChI is InChI=1S/C14H20N4OS/c1-10(15)12-4-2-3-5-17(12)9-11-8-13(19)18-6-7-20-14(18)16-11/h6-8,10,12H,2-5,9,15H2,1H3. The molecule has 2 atom stereocenters. The number of piperidine rings is 1. The van der Waals surface area contributed by atoms with Crippen LogP contribution in [-0.4, -0.2) is 32.9 Å². The molecule has 3 heterocycles. The molecule has 0 bridgehead atoms. The molecule has 2 unspecified atom stereocenters. The number of fused-ring (bicyclic) bond motifs is 1. The van der Waals surface area contributed by atoms with E-state index in [1.165, 1.54) is 24.2 Å². The molecule has 5 nitrogen and oxygen atoms in total. The number of likely N-dealkylation sites (tertiary alicyclic amines) is 1. The molecule has 1 saturated heterocycles. The number of nitrogens with two attached hydrogens (primary N) is 1. The minimum atomic E-state index is 0.000561. The van der Waals surface area contributed by atoms with Gasteiger partial charge in [0.2, 0.25) is 0 Å². The molecule has 2 aromatic rings. The zero-order chi connectivity index (χ0) is 14.1. The zero-order valence-electron chi connectivity index (χ0n) is 11.7. The summed E-state index contributed by atoms with van der Waals surface area (Å²) in [5.41, 5.74) is 6.94. The summed E-state index contributed by atoms with van der Waals surface area (Å²) in [5.74, 6) is 0. The van der Waals surface area contributed by atoms with Crippen molar-refractivity contribution in [2.24, 2.45) is 5.73 Å². The number of nitrogens with zero attached hydrogens (tertiary/aromatic N) is 3. The molecule has 2 aromatic heterocycles. The molecule has 108 valence electrons. The van der Waals surface area contributed by atoms with E-state index in [4.69, 9.17) is 5.73 Å². The minimum Gasteiger partial charge on any atom is -0.327 e. The average Bonchev–Trinajstić information content (AvgIpc) is 2.88. The summed E-state index contributed by atoms with van der Waals surface area (Å²) >= 11 is 1.49. The molecule has 1 aliphatic heterocycles. The van der Waals surface area contributed by atoms with Gasteiger partial charge in [0.05, 0.1) is 5.69 Å². The second-order valence-corrected chi connectivity index (χ2v) is 6.41. The molecule has 0 spiro atoms. The van der Waals surface area contributed by atoms with E-state index < -0.39 is 0 Å². The second kappa shape index (κ2) is 5.63. The van der Waals surface area contributed by atoms with Crippen LogP contribution in [-0.2, 0) is 6.54 Å². The lowest BCUT2D eigenvalue weighted by Crippen LogP contribution is -2.48. The first-order chi connectivity index (χ1) is 9.65. The van der Waals surface area contributed by atoms with Gasteiger partial charge in [-0.25, -0.2) is 4.98 Å². The van der Waals surface area contributed by atoms with E-state index in [1.54, 1.807) is 16.7 Å². The Bertz CT molecular complexity index is 648. The molecule has 0 aromatic carbocycles. The van der Waals surface area contributed by atoms with Crippen LogP contribution in [0.2, 0.25) is 0 Å². The Morgan fingerprint density at radius 3 is 3.20 bits per heavy atom. The summed E-state index contributed by atoms with van der Waals surface area (Å²) in [4.78, 5) is 19.7. The zero-order valence-corrected chi connectivity index (χ0v) is 12.5. The SMILES string of the molecule is CC(N)C1CCCCN1Cc1cc(=O)n2ccsc2n1. The monoisotopic (exact) mass is 292 g/mol. The fourth-order valence-corrected chi connectivity index (χ4v) is 3.72. The fraction of sp³-hybridized carbons (Fsp3) is 0.571. The number of hydrogen-bond acceptors (Lipinski definition) is 5. The van der Waals surface area contributed by atoms with Gasteiger partial charge in [0, 0.05) is 36.3 Å². The van der Waals surface area contributed by atoms with E-state index in [-0.39, 0.29) is 11.6 Å². The molecular formula is C14H20N4OS. The van der Waals surface area contributed by atoms with Gasteiger partial charge in [0.1, 0.15) is 0 Å². The Balaban J connectivity index is 1.86. The van der Waals surface area contributed by atoms with Gasteiger partial charge in [-0.15, -0.1) is 11.3 Å². The smallest absolute Gasteiger partial charge is 0.258 e. The first kappa shape index (κ1) is 13.7. The van der Waals surface area contributed by atoms with Crippen LogP contribution in [0, 0.1) is 0 Å². The van der Waals surface area contributed by atoms with E-state index in [1.807, 2.05) is 5.38 Å². The molecule has 0 radical (unpaired) electrons. The van der Waals surface area contributed by atoms with Crippen molar-refractivity contribution in [1.29, 1.82) is 0 Å². The molecule has 0 amide bonds. The molecule has 0 aliphatic carbocycles. The Morgan fingerprint density at radius 2 is 2.40 bits per heavy atom. The molecular weight excluding hydrogens is 272 g/mol. The molecule has 2 N–H and O–H groups in total. The molecule has 1 aliphatic rings. The molecule has 1 fully saturated rings. The van der Waals surface area contributed by atoms with Crippen LogP contribution in [0.4, 0.5) is 0 Å². The summed E-state index contributed by atoms with van der Waals surface area (Å²) < 4.78 is 1.59. The van der Waals surface area contributed by atoms with Gasteiger partial charge in [0.15, 0.2) is 4.96 Å². The van der Waals surface area contributed by atoms with E-state index in [9.17, 15) is 4.79 Å². The van der Waals surface area contributed by atoms with Gasteiger partial charge in [-0.1, -0.05) is 6.42 Å². The lowest BCUT2D eigenvalue weighted by molar-refractivity contribution is 0.121. The van der Waals surface area contributed by atoms with Crippen molar-refractivity contribution < 1.29 is 0 Å². The summed E-state index contributed by atoms with van der Waals surface area (Å²) in [6, 6.07) is 2.20. The normalized spacial score (nSPS) is 22.2. The quantitative estimate of drug-likeness (QED) is 0.930. The van der Waals surface area contributed by atoms with E-state index in [0.29, 0.717) is 6.04 Å². The first-order valence-electron chi connectivity index (χ1n) is 7.10. The Morgan fingerprint density at radius 1 is 1.55 bits per heavy atom. The predicted molar refractivity (Wildman–Crippen MR) is 81.0 cm³/mol. The van der Waals surface area contributed by atoms with Crippen LogP contribution in [0.5, 0.6) is 0 Å². The van der Waals surface area contributed by atoms with Gasteiger partial charge in [0.25, 0.3) is 5.56 Å². The number of hydrogen-bond donors (Lipinski definition) is 1.